The standard InChI is InChI=1S/C47H89NO11/c1-4-6-8-10-12-13-14-15-16-17-18-19-20-21-22-23-25-27-32-39(51)45(56)48-37(36-58-46-44(55)43(54)42(53)40(35-49)59-46)38(50)31-28-29-33-41(52)47(3,57)34-30-26-24-11-9-7-5-2/h28,30-31,34,37-44,46,49-55,57H,4-27,29,32-33,35-36H2,1-3H3,(H,48,56). The molecule has 1 aliphatic rings. The summed E-state index contributed by atoms with van der Waals surface area (Å²) in [7, 11) is 0. The van der Waals surface area contributed by atoms with Gasteiger partial charge >= 0.3 is 0 Å². The summed E-state index contributed by atoms with van der Waals surface area (Å²) in [6.07, 6.45) is 25.0. The van der Waals surface area contributed by atoms with Crippen molar-refractivity contribution in [2.45, 2.75) is 255 Å². The highest BCUT2D eigenvalue weighted by Gasteiger charge is 2.44. The van der Waals surface area contributed by atoms with Crippen molar-refractivity contribution in [2.24, 2.45) is 0 Å². The first-order chi connectivity index (χ1) is 28.4. The maximum Gasteiger partial charge on any atom is 0.249 e. The van der Waals surface area contributed by atoms with Gasteiger partial charge in [0.25, 0.3) is 0 Å². The maximum absolute atomic E-state index is 13.1. The molecule has 10 atom stereocenters. The lowest BCUT2D eigenvalue weighted by atomic mass is 9.94. The van der Waals surface area contributed by atoms with Crippen molar-refractivity contribution in [3.05, 3.63) is 24.3 Å². The van der Waals surface area contributed by atoms with Gasteiger partial charge in [0.05, 0.1) is 31.5 Å². The fraction of sp³-hybridized carbons (Fsp3) is 0.894. The molecule has 1 amide bonds. The number of carbonyl (C=O) groups is 1. The Balaban J connectivity index is 2.53. The van der Waals surface area contributed by atoms with Crippen LogP contribution in [-0.2, 0) is 14.3 Å². The molecule has 0 radical (unpaired) electrons. The molecule has 12 heteroatoms. The lowest BCUT2D eigenvalue weighted by molar-refractivity contribution is -0.302. The minimum Gasteiger partial charge on any atom is -0.394 e. The van der Waals surface area contributed by atoms with Crippen molar-refractivity contribution in [1.82, 2.24) is 5.32 Å². The molecule has 1 heterocycles. The summed E-state index contributed by atoms with van der Waals surface area (Å²) in [6, 6.07) is -1.12. The molecule has 1 fully saturated rings. The normalized spacial score (nSPS) is 23.1. The highest BCUT2D eigenvalue weighted by atomic mass is 16.7. The van der Waals surface area contributed by atoms with Gasteiger partial charge in [0.2, 0.25) is 5.91 Å². The zero-order valence-corrected chi connectivity index (χ0v) is 37.3. The van der Waals surface area contributed by atoms with Crippen LogP contribution in [0.25, 0.3) is 0 Å². The van der Waals surface area contributed by atoms with Crippen LogP contribution in [-0.4, -0.2) is 121 Å². The summed E-state index contributed by atoms with van der Waals surface area (Å²) in [5.74, 6) is -0.699. The van der Waals surface area contributed by atoms with E-state index in [0.29, 0.717) is 12.8 Å². The third-order valence-corrected chi connectivity index (χ3v) is 11.7. The van der Waals surface area contributed by atoms with Gasteiger partial charge in [0.1, 0.15) is 36.1 Å². The van der Waals surface area contributed by atoms with Crippen molar-refractivity contribution in [2.75, 3.05) is 13.2 Å². The number of allylic oxidation sites excluding steroid dienone is 2. The van der Waals surface area contributed by atoms with Gasteiger partial charge in [-0.2, -0.15) is 0 Å². The second kappa shape index (κ2) is 35.1. The molecule has 348 valence electrons. The molecule has 0 aromatic rings. The van der Waals surface area contributed by atoms with Gasteiger partial charge < -0.3 is 55.6 Å². The predicted octanol–water partition coefficient (Wildman–Crippen LogP) is 6.81. The van der Waals surface area contributed by atoms with Crippen LogP contribution < -0.4 is 5.32 Å². The highest BCUT2D eigenvalue weighted by Crippen LogP contribution is 2.23. The van der Waals surface area contributed by atoms with Gasteiger partial charge in [-0.25, -0.2) is 0 Å². The van der Waals surface area contributed by atoms with E-state index < -0.39 is 79.8 Å². The number of nitrogens with one attached hydrogen (secondary N) is 1. The number of hydrogen-bond donors (Lipinski definition) is 9. The molecule has 1 saturated heterocycles. The highest BCUT2D eigenvalue weighted by molar-refractivity contribution is 5.80. The number of unbranched alkanes of at least 4 members (excludes halogenated alkanes) is 22. The monoisotopic (exact) mass is 844 g/mol. The van der Waals surface area contributed by atoms with Gasteiger partial charge in [-0.1, -0.05) is 179 Å². The van der Waals surface area contributed by atoms with Crippen LogP contribution >= 0.6 is 0 Å². The molecule has 0 aromatic heterocycles. The quantitative estimate of drug-likeness (QED) is 0.0233. The smallest absolute Gasteiger partial charge is 0.249 e. The van der Waals surface area contributed by atoms with Crippen molar-refractivity contribution >= 4 is 5.91 Å². The van der Waals surface area contributed by atoms with E-state index in [2.05, 4.69) is 19.2 Å². The summed E-state index contributed by atoms with van der Waals surface area (Å²) < 4.78 is 11.1. The average molecular weight is 844 g/mol. The van der Waals surface area contributed by atoms with E-state index >= 15 is 0 Å². The minimum atomic E-state index is -1.67. The first kappa shape index (κ1) is 55.6. The number of ether oxygens (including phenoxy) is 2. The van der Waals surface area contributed by atoms with E-state index in [0.717, 1.165) is 38.5 Å². The molecule has 0 aromatic carbocycles. The first-order valence-electron chi connectivity index (χ1n) is 23.7. The largest absolute Gasteiger partial charge is 0.394 e. The van der Waals surface area contributed by atoms with Crippen molar-refractivity contribution < 1.29 is 55.1 Å². The van der Waals surface area contributed by atoms with E-state index in [9.17, 15) is 45.6 Å². The Morgan fingerprint density at radius 3 is 1.68 bits per heavy atom. The summed E-state index contributed by atoms with van der Waals surface area (Å²) in [6.45, 7) is 4.93. The molecule has 0 aliphatic carbocycles. The number of hydrogen-bond acceptors (Lipinski definition) is 11. The van der Waals surface area contributed by atoms with Crippen molar-refractivity contribution in [3.63, 3.8) is 0 Å². The summed E-state index contributed by atoms with van der Waals surface area (Å²) >= 11 is 0. The van der Waals surface area contributed by atoms with Gasteiger partial charge in [-0.3, -0.25) is 4.79 Å². The fourth-order valence-corrected chi connectivity index (χ4v) is 7.49. The maximum atomic E-state index is 13.1. The molecule has 10 unspecified atom stereocenters. The van der Waals surface area contributed by atoms with E-state index in [1.807, 2.05) is 6.08 Å². The number of rotatable bonds is 38. The molecule has 0 bridgehead atoms. The Morgan fingerprint density at radius 2 is 1.17 bits per heavy atom. The lowest BCUT2D eigenvalue weighted by Crippen LogP contribution is -2.60. The lowest BCUT2D eigenvalue weighted by Gasteiger charge is -2.40. The third kappa shape index (κ3) is 25.9. The predicted molar refractivity (Wildman–Crippen MR) is 235 cm³/mol. The molecular weight excluding hydrogens is 755 g/mol. The first-order valence-corrected chi connectivity index (χ1v) is 23.7. The zero-order chi connectivity index (χ0) is 43.7. The van der Waals surface area contributed by atoms with Gasteiger partial charge in [-0.15, -0.1) is 0 Å². The molecule has 1 aliphatic heterocycles. The Bertz CT molecular complexity index is 1060. The average Bonchev–Trinajstić information content (AvgIpc) is 3.22. The molecule has 0 saturated carbocycles. The molecule has 1 rings (SSSR count). The van der Waals surface area contributed by atoms with Gasteiger partial charge in [0.15, 0.2) is 6.29 Å². The second-order valence-corrected chi connectivity index (χ2v) is 17.3. The minimum absolute atomic E-state index is 0.202. The van der Waals surface area contributed by atoms with Crippen LogP contribution in [0.5, 0.6) is 0 Å². The summed E-state index contributed by atoms with van der Waals surface area (Å²) in [4.78, 5) is 13.1. The van der Waals surface area contributed by atoms with Crippen LogP contribution in [0.15, 0.2) is 24.3 Å². The Kier molecular flexibility index (Phi) is 33.0. The second-order valence-electron chi connectivity index (χ2n) is 17.3. The third-order valence-electron chi connectivity index (χ3n) is 11.7. The van der Waals surface area contributed by atoms with Crippen LogP contribution in [0.4, 0.5) is 0 Å². The van der Waals surface area contributed by atoms with Crippen molar-refractivity contribution in [1.29, 1.82) is 0 Å². The number of amides is 1. The van der Waals surface area contributed by atoms with Crippen molar-refractivity contribution in [3.8, 4) is 0 Å². The van der Waals surface area contributed by atoms with Crippen LogP contribution in [0, 0.1) is 0 Å². The molecular formula is C47H89NO11. The number of aliphatic hydroxyl groups excluding tert-OH is 7. The van der Waals surface area contributed by atoms with Gasteiger partial charge in [-0.05, 0) is 39.0 Å². The molecule has 9 N–H and O–H groups in total. The summed E-state index contributed by atoms with van der Waals surface area (Å²) in [5.41, 5.74) is -1.42. The van der Waals surface area contributed by atoms with E-state index in [-0.39, 0.29) is 12.8 Å². The number of carbonyl (C=O) groups excluding carboxylic acids is 1. The van der Waals surface area contributed by atoms with Crippen LogP contribution in [0.2, 0.25) is 0 Å². The van der Waals surface area contributed by atoms with E-state index in [4.69, 9.17) is 9.47 Å². The molecule has 0 spiro atoms. The SMILES string of the molecule is CCCCCCCC=CC(C)(O)C(O)CCC=CC(O)C(COC1OC(CO)C(O)C(O)C1O)NC(=O)C(O)CCCCCCCCCCCCCCCCCCCC. The van der Waals surface area contributed by atoms with Crippen LogP contribution in [0.3, 0.4) is 0 Å². The van der Waals surface area contributed by atoms with E-state index in [1.165, 1.54) is 115 Å². The number of aliphatic hydroxyl groups is 8. The fourth-order valence-electron chi connectivity index (χ4n) is 7.49. The molecule has 59 heavy (non-hydrogen) atoms. The summed E-state index contributed by atoms with van der Waals surface area (Å²) in [5, 5.41) is 86.1. The van der Waals surface area contributed by atoms with E-state index in [1.54, 1.807) is 19.1 Å². The Morgan fingerprint density at radius 1 is 0.678 bits per heavy atom. The molecule has 12 nitrogen and oxygen atoms in total. The topological polar surface area (TPSA) is 209 Å². The Hall–Kier alpha value is -1.45. The van der Waals surface area contributed by atoms with Gasteiger partial charge in [0, 0.05) is 0 Å². The zero-order valence-electron chi connectivity index (χ0n) is 37.3. The van der Waals surface area contributed by atoms with Crippen LogP contribution in [0.1, 0.15) is 194 Å². The Labute approximate surface area is 357 Å².